The van der Waals surface area contributed by atoms with E-state index in [2.05, 4.69) is 53.4 Å². The number of methoxy groups -OCH3 is 1. The number of hydrogen-bond acceptors (Lipinski definition) is 5. The molecule has 0 unspecified atom stereocenters. The monoisotopic (exact) mass is 732 g/mol. The molecular weight excluding hydrogens is 663 g/mol. The van der Waals surface area contributed by atoms with Gasteiger partial charge < -0.3 is 19.9 Å². The number of ether oxygens (including phenoxy) is 2. The van der Waals surface area contributed by atoms with Gasteiger partial charge in [-0.1, -0.05) is 72.8 Å². The first-order valence-electron chi connectivity index (χ1n) is 20.7. The largest absolute Gasteiger partial charge is 0.497 e. The molecule has 294 valence electrons. The molecule has 0 aliphatic heterocycles. The number of carboxylic acids is 1. The van der Waals surface area contributed by atoms with Crippen molar-refractivity contribution in [1.82, 2.24) is 5.32 Å². The predicted molar refractivity (Wildman–Crippen MR) is 209 cm³/mol. The minimum atomic E-state index is -0.886. The van der Waals surface area contributed by atoms with Gasteiger partial charge in [0.25, 0.3) is 0 Å². The molecule has 6 rings (SSSR count). The van der Waals surface area contributed by atoms with Crippen LogP contribution < -0.4 is 10.1 Å². The lowest BCUT2D eigenvalue weighted by molar-refractivity contribution is -0.250. The molecule has 5 fully saturated rings. The van der Waals surface area contributed by atoms with Crippen molar-refractivity contribution >= 4 is 17.8 Å². The van der Waals surface area contributed by atoms with Crippen molar-refractivity contribution in [2.45, 2.75) is 152 Å². The summed E-state index contributed by atoms with van der Waals surface area (Å²) in [6, 6.07) is 7.96. The molecule has 1 aromatic carbocycles. The number of hydrogen-bond donors (Lipinski definition) is 2. The SMILES string of the molecule is C=C(C)[C@@H]1CC[C@]2(CC(=O)NCc3cccc(OC)c3)CC[C@]3(C)[C@H](CC[C@@H]4[C@@]5(C)CC[C@H](OC(=O)CC(C)(C)CC(=O)O)C(C)(C)[C@@H]5CC[C@]43C)[C@@H]12. The third-order valence-corrected chi connectivity index (χ3v) is 16.8. The number of carbonyl (C=O) groups excluding carboxylic acids is 2. The smallest absolute Gasteiger partial charge is 0.306 e. The van der Waals surface area contributed by atoms with Gasteiger partial charge in [0.2, 0.25) is 5.91 Å². The summed E-state index contributed by atoms with van der Waals surface area (Å²) in [5, 5.41) is 12.6. The van der Waals surface area contributed by atoms with E-state index in [9.17, 15) is 19.5 Å². The number of fused-ring (bicyclic) bond motifs is 7. The van der Waals surface area contributed by atoms with E-state index < -0.39 is 11.4 Å². The van der Waals surface area contributed by atoms with E-state index in [-0.39, 0.29) is 57.9 Å². The molecule has 1 aromatic rings. The van der Waals surface area contributed by atoms with Gasteiger partial charge >= 0.3 is 11.9 Å². The Morgan fingerprint density at radius 2 is 1.64 bits per heavy atom. The predicted octanol–water partition coefficient (Wildman–Crippen LogP) is 10.2. The van der Waals surface area contributed by atoms with Gasteiger partial charge in [-0.25, -0.2) is 0 Å². The second kappa shape index (κ2) is 14.0. The van der Waals surface area contributed by atoms with Gasteiger partial charge in [0.05, 0.1) is 20.0 Å². The van der Waals surface area contributed by atoms with Crippen molar-refractivity contribution in [3.63, 3.8) is 0 Å². The van der Waals surface area contributed by atoms with Crippen LogP contribution in [-0.2, 0) is 25.7 Å². The Kier molecular flexibility index (Phi) is 10.6. The minimum absolute atomic E-state index is 0.0134. The molecule has 5 saturated carbocycles. The highest BCUT2D eigenvalue weighted by Crippen LogP contribution is 2.78. The zero-order valence-corrected chi connectivity index (χ0v) is 34.4. The number of aliphatic carboxylic acids is 1. The standard InChI is InChI=1S/C46H69NO6/c1-29(2)32-16-21-46(25-37(48)47-28-30-12-11-13-31(24-30)52-10)23-22-44(8)33(40(32)46)14-15-35-43(7)19-18-36(42(5,6)34(43)17-20-45(35,44)9)53-39(51)27-41(3,4)26-38(49)50/h11-13,24,32-36,40H,1,14-23,25-28H2,2-10H3,(H,47,48)(H,49,50)/t32-,33+,34-,35+,36-,40+,43-,44+,45+,46+/m0/s1. The van der Waals surface area contributed by atoms with Crippen molar-refractivity contribution in [3.05, 3.63) is 42.0 Å². The maximum absolute atomic E-state index is 13.8. The minimum Gasteiger partial charge on any atom is -0.497 e. The van der Waals surface area contributed by atoms with E-state index in [0.29, 0.717) is 42.6 Å². The number of nitrogens with one attached hydrogen (secondary N) is 1. The van der Waals surface area contributed by atoms with Crippen molar-refractivity contribution in [2.75, 3.05) is 7.11 Å². The molecule has 7 heteroatoms. The summed E-state index contributed by atoms with van der Waals surface area (Å²) in [6.07, 6.45) is 11.6. The number of benzene rings is 1. The average molecular weight is 732 g/mol. The van der Waals surface area contributed by atoms with Crippen LogP contribution in [0.3, 0.4) is 0 Å². The van der Waals surface area contributed by atoms with Gasteiger partial charge in [-0.3, -0.25) is 14.4 Å². The number of allylic oxidation sites excluding steroid dienone is 1. The Morgan fingerprint density at radius 1 is 0.906 bits per heavy atom. The fraction of sp³-hybridized carbons (Fsp3) is 0.761. The molecule has 5 aliphatic carbocycles. The van der Waals surface area contributed by atoms with E-state index in [1.807, 2.05) is 38.1 Å². The average Bonchev–Trinajstić information content (AvgIpc) is 3.44. The molecule has 1 amide bonds. The summed E-state index contributed by atoms with van der Waals surface area (Å²) >= 11 is 0. The Labute approximate surface area is 319 Å². The van der Waals surface area contributed by atoms with Crippen LogP contribution in [0, 0.1) is 62.1 Å². The zero-order chi connectivity index (χ0) is 38.8. The van der Waals surface area contributed by atoms with Crippen LogP contribution in [0.5, 0.6) is 5.75 Å². The Morgan fingerprint density at radius 3 is 2.32 bits per heavy atom. The van der Waals surface area contributed by atoms with E-state index in [1.165, 1.54) is 31.3 Å². The van der Waals surface area contributed by atoms with Crippen molar-refractivity contribution in [1.29, 1.82) is 0 Å². The molecular formula is C46H69NO6. The Hall–Kier alpha value is -2.83. The van der Waals surface area contributed by atoms with Gasteiger partial charge in [0, 0.05) is 18.4 Å². The highest BCUT2D eigenvalue weighted by atomic mass is 16.5. The zero-order valence-electron chi connectivity index (χ0n) is 34.4. The van der Waals surface area contributed by atoms with Crippen molar-refractivity contribution in [2.24, 2.45) is 62.1 Å². The molecule has 0 heterocycles. The molecule has 0 spiro atoms. The first kappa shape index (κ1) is 39.9. The first-order chi connectivity index (χ1) is 24.7. The van der Waals surface area contributed by atoms with Gasteiger partial charge in [0.1, 0.15) is 11.9 Å². The summed E-state index contributed by atoms with van der Waals surface area (Å²) in [5.41, 5.74) is 2.06. The highest BCUT2D eigenvalue weighted by Gasteiger charge is 2.71. The van der Waals surface area contributed by atoms with Crippen LogP contribution in [0.1, 0.15) is 144 Å². The van der Waals surface area contributed by atoms with E-state index in [4.69, 9.17) is 9.47 Å². The summed E-state index contributed by atoms with van der Waals surface area (Å²) in [5.74, 6) is 2.35. The third kappa shape index (κ3) is 6.87. The quantitative estimate of drug-likeness (QED) is 0.174. The Bertz CT molecular complexity index is 1600. The van der Waals surface area contributed by atoms with Crippen LogP contribution in [0.2, 0.25) is 0 Å². The number of amides is 1. The number of esters is 1. The van der Waals surface area contributed by atoms with E-state index in [0.717, 1.165) is 49.8 Å². The van der Waals surface area contributed by atoms with Crippen LogP contribution >= 0.6 is 0 Å². The molecule has 0 bridgehead atoms. The van der Waals surface area contributed by atoms with Crippen LogP contribution in [0.4, 0.5) is 0 Å². The van der Waals surface area contributed by atoms with Crippen LogP contribution in [0.15, 0.2) is 36.4 Å². The van der Waals surface area contributed by atoms with Crippen molar-refractivity contribution in [3.8, 4) is 5.75 Å². The van der Waals surface area contributed by atoms with Gasteiger partial charge in [-0.2, -0.15) is 0 Å². The summed E-state index contributed by atoms with van der Waals surface area (Å²) in [7, 11) is 1.67. The number of carboxylic acid groups (broad SMARTS) is 1. The van der Waals surface area contributed by atoms with Crippen molar-refractivity contribution < 1.29 is 29.0 Å². The Balaban J connectivity index is 1.20. The first-order valence-corrected chi connectivity index (χ1v) is 20.7. The maximum atomic E-state index is 13.8. The fourth-order valence-corrected chi connectivity index (χ4v) is 14.2. The molecule has 53 heavy (non-hydrogen) atoms. The molecule has 7 nitrogen and oxygen atoms in total. The lowest BCUT2D eigenvalue weighted by Gasteiger charge is -2.73. The van der Waals surface area contributed by atoms with Crippen LogP contribution in [-0.4, -0.2) is 36.2 Å². The molecule has 0 saturated heterocycles. The summed E-state index contributed by atoms with van der Waals surface area (Å²) in [6.45, 7) is 23.5. The molecule has 10 atom stereocenters. The van der Waals surface area contributed by atoms with Gasteiger partial charge in [-0.05, 0) is 145 Å². The lowest BCUT2D eigenvalue weighted by Crippen LogP contribution is -2.67. The normalized spacial score (nSPS) is 38.7. The molecule has 0 aromatic heterocycles. The lowest BCUT2D eigenvalue weighted by atomic mass is 9.32. The summed E-state index contributed by atoms with van der Waals surface area (Å²) in [4.78, 5) is 38.5. The van der Waals surface area contributed by atoms with E-state index >= 15 is 0 Å². The second-order valence-electron chi connectivity index (χ2n) is 20.6. The molecule has 0 radical (unpaired) electrons. The summed E-state index contributed by atoms with van der Waals surface area (Å²) < 4.78 is 11.7. The maximum Gasteiger partial charge on any atom is 0.306 e. The molecule has 5 aliphatic rings. The van der Waals surface area contributed by atoms with Gasteiger partial charge in [0.15, 0.2) is 0 Å². The fourth-order valence-electron chi connectivity index (χ4n) is 14.2. The third-order valence-electron chi connectivity index (χ3n) is 16.8. The van der Waals surface area contributed by atoms with E-state index in [1.54, 1.807) is 7.11 Å². The number of carbonyl (C=O) groups is 3. The van der Waals surface area contributed by atoms with Crippen LogP contribution in [0.25, 0.3) is 0 Å². The molecule has 2 N–H and O–H groups in total. The number of rotatable bonds is 11. The van der Waals surface area contributed by atoms with Gasteiger partial charge in [-0.15, -0.1) is 0 Å². The highest BCUT2D eigenvalue weighted by molar-refractivity contribution is 5.77. The topological polar surface area (TPSA) is 102 Å². The second-order valence-corrected chi connectivity index (χ2v) is 20.6.